The van der Waals surface area contributed by atoms with Crippen LogP contribution >= 0.6 is 0 Å². The second kappa shape index (κ2) is 2.66. The van der Waals surface area contributed by atoms with E-state index in [1.54, 1.807) is 11.3 Å². The summed E-state index contributed by atoms with van der Waals surface area (Å²) in [5.41, 5.74) is 6.17. The number of fused-ring (bicyclic) bond motifs is 6. The molecule has 0 saturated carbocycles. The Hall–Kier alpha value is -1.24. The number of allylic oxidation sites excluding steroid dienone is 1. The van der Waals surface area contributed by atoms with E-state index in [-0.39, 0.29) is 0 Å². The average Bonchev–Trinajstić information content (AvgIpc) is 2.82. The smallest absolute Gasteiger partial charge is 0.0405 e. The SMILES string of the molecule is C1=Cc2cc3c(cc2C1)N1CCCC3C1. The third kappa shape index (κ3) is 0.983. The molecule has 0 radical (unpaired) electrons. The van der Waals surface area contributed by atoms with Gasteiger partial charge in [0, 0.05) is 24.7 Å². The van der Waals surface area contributed by atoms with Crippen molar-refractivity contribution in [1.29, 1.82) is 0 Å². The second-order valence-electron chi connectivity index (χ2n) is 5.00. The number of hydrogen-bond acceptors (Lipinski definition) is 1. The Morgan fingerprint density at radius 2 is 2.27 bits per heavy atom. The second-order valence-corrected chi connectivity index (χ2v) is 5.00. The zero-order chi connectivity index (χ0) is 9.83. The lowest BCUT2D eigenvalue weighted by atomic mass is 9.93. The zero-order valence-electron chi connectivity index (χ0n) is 8.87. The number of nitrogens with zero attached hydrogens (tertiary/aromatic N) is 1. The van der Waals surface area contributed by atoms with Crippen LogP contribution in [0.2, 0.25) is 0 Å². The zero-order valence-corrected chi connectivity index (χ0v) is 8.87. The summed E-state index contributed by atoms with van der Waals surface area (Å²) in [4.78, 5) is 2.59. The van der Waals surface area contributed by atoms with Crippen LogP contribution in [0.15, 0.2) is 18.2 Å². The van der Waals surface area contributed by atoms with E-state index in [0.717, 1.165) is 12.3 Å². The minimum absolute atomic E-state index is 0.827. The molecule has 0 spiro atoms. The predicted molar refractivity (Wildman–Crippen MR) is 63.4 cm³/mol. The highest BCUT2D eigenvalue weighted by atomic mass is 15.2. The van der Waals surface area contributed by atoms with Gasteiger partial charge in [-0.1, -0.05) is 12.2 Å². The Morgan fingerprint density at radius 3 is 3.27 bits per heavy atom. The molecule has 2 aliphatic heterocycles. The molecular weight excluding hydrogens is 182 g/mol. The molecule has 1 aromatic carbocycles. The van der Waals surface area contributed by atoms with Gasteiger partial charge in [-0.2, -0.15) is 0 Å². The standard InChI is InChI=1S/C14H15N/c1-3-10-7-13-12-5-2-6-15(9-12)14(13)8-11(10)4-1/h1,3,7-8,12H,2,4-6,9H2. The number of rotatable bonds is 0. The van der Waals surface area contributed by atoms with Crippen LogP contribution in [-0.4, -0.2) is 13.1 Å². The molecular formula is C14H15N. The van der Waals surface area contributed by atoms with Gasteiger partial charge in [-0.25, -0.2) is 0 Å². The topological polar surface area (TPSA) is 3.24 Å². The lowest BCUT2D eigenvalue weighted by Crippen LogP contribution is -2.27. The van der Waals surface area contributed by atoms with Crippen molar-refractivity contribution < 1.29 is 0 Å². The summed E-state index contributed by atoms with van der Waals surface area (Å²) < 4.78 is 0. The number of benzene rings is 1. The van der Waals surface area contributed by atoms with Crippen LogP contribution in [0.3, 0.4) is 0 Å². The number of piperidine rings is 1. The Labute approximate surface area is 90.4 Å². The highest BCUT2D eigenvalue weighted by Crippen LogP contribution is 2.44. The molecule has 1 aliphatic carbocycles. The van der Waals surface area contributed by atoms with Crippen LogP contribution in [0.4, 0.5) is 5.69 Å². The molecule has 76 valence electrons. The summed E-state index contributed by atoms with van der Waals surface area (Å²) in [7, 11) is 0. The summed E-state index contributed by atoms with van der Waals surface area (Å²) in [5.74, 6) is 0.827. The fourth-order valence-corrected chi connectivity index (χ4v) is 3.36. The fraction of sp³-hybridized carbons (Fsp3) is 0.429. The molecule has 0 N–H and O–H groups in total. The minimum atomic E-state index is 0.827. The van der Waals surface area contributed by atoms with E-state index in [0.29, 0.717) is 0 Å². The molecule has 1 saturated heterocycles. The number of hydrogen-bond donors (Lipinski definition) is 0. The lowest BCUT2D eigenvalue weighted by Gasteiger charge is -2.24. The van der Waals surface area contributed by atoms with Crippen LogP contribution in [-0.2, 0) is 6.42 Å². The highest BCUT2D eigenvalue weighted by Gasteiger charge is 2.32. The first kappa shape index (κ1) is 7.98. The van der Waals surface area contributed by atoms with Crippen molar-refractivity contribution in [3.63, 3.8) is 0 Å². The first-order chi connectivity index (χ1) is 7.42. The van der Waals surface area contributed by atoms with Gasteiger partial charge in [-0.3, -0.25) is 0 Å². The Balaban J connectivity index is 1.93. The Bertz CT molecular complexity index is 459. The maximum atomic E-state index is 2.59. The molecule has 2 bridgehead atoms. The molecule has 4 rings (SSSR count). The van der Waals surface area contributed by atoms with E-state index < -0.39 is 0 Å². The molecule has 0 aromatic heterocycles. The normalized spacial score (nSPS) is 25.6. The van der Waals surface area contributed by atoms with Crippen LogP contribution in [0.25, 0.3) is 6.08 Å². The van der Waals surface area contributed by atoms with Crippen LogP contribution in [0.1, 0.15) is 35.4 Å². The van der Waals surface area contributed by atoms with E-state index >= 15 is 0 Å². The Morgan fingerprint density at radius 1 is 1.27 bits per heavy atom. The molecule has 1 aromatic rings. The van der Waals surface area contributed by atoms with Gasteiger partial charge in [0.2, 0.25) is 0 Å². The summed E-state index contributed by atoms with van der Waals surface area (Å²) >= 11 is 0. The molecule has 1 nitrogen and oxygen atoms in total. The molecule has 1 heteroatoms. The first-order valence-electron chi connectivity index (χ1n) is 6.00. The quantitative estimate of drug-likeness (QED) is 0.618. The van der Waals surface area contributed by atoms with Gasteiger partial charge < -0.3 is 4.90 Å². The van der Waals surface area contributed by atoms with Gasteiger partial charge in [0.15, 0.2) is 0 Å². The van der Waals surface area contributed by atoms with Crippen LogP contribution in [0.5, 0.6) is 0 Å². The maximum absolute atomic E-state index is 2.59. The van der Waals surface area contributed by atoms with Gasteiger partial charge in [0.25, 0.3) is 0 Å². The summed E-state index contributed by atoms with van der Waals surface area (Å²) in [5, 5.41) is 0. The van der Waals surface area contributed by atoms with Crippen LogP contribution in [0, 0.1) is 0 Å². The van der Waals surface area contributed by atoms with Gasteiger partial charge >= 0.3 is 0 Å². The van der Waals surface area contributed by atoms with Crippen LogP contribution < -0.4 is 4.90 Å². The fourth-order valence-electron chi connectivity index (χ4n) is 3.36. The molecule has 1 fully saturated rings. The minimum Gasteiger partial charge on any atom is -0.371 e. The third-order valence-corrected chi connectivity index (χ3v) is 4.13. The third-order valence-electron chi connectivity index (χ3n) is 4.13. The molecule has 0 amide bonds. The van der Waals surface area contributed by atoms with Crippen molar-refractivity contribution in [2.24, 2.45) is 0 Å². The first-order valence-corrected chi connectivity index (χ1v) is 6.00. The van der Waals surface area contributed by atoms with E-state index in [9.17, 15) is 0 Å². The van der Waals surface area contributed by atoms with Crippen molar-refractivity contribution in [2.75, 3.05) is 18.0 Å². The van der Waals surface area contributed by atoms with Gasteiger partial charge in [-0.15, -0.1) is 0 Å². The Kier molecular flexibility index (Phi) is 1.41. The molecule has 1 atom stereocenters. The molecule has 1 unspecified atom stereocenters. The maximum Gasteiger partial charge on any atom is 0.0405 e. The van der Waals surface area contributed by atoms with E-state index in [1.807, 2.05) is 0 Å². The molecule has 3 aliphatic rings. The van der Waals surface area contributed by atoms with Crippen molar-refractivity contribution in [3.05, 3.63) is 34.9 Å². The van der Waals surface area contributed by atoms with Gasteiger partial charge in [0.1, 0.15) is 0 Å². The van der Waals surface area contributed by atoms with E-state index in [1.165, 1.54) is 37.1 Å². The highest BCUT2D eigenvalue weighted by molar-refractivity contribution is 5.71. The van der Waals surface area contributed by atoms with Crippen molar-refractivity contribution >= 4 is 11.8 Å². The van der Waals surface area contributed by atoms with Crippen molar-refractivity contribution in [1.82, 2.24) is 0 Å². The molecule has 2 heterocycles. The predicted octanol–water partition coefficient (Wildman–Crippen LogP) is 2.95. The van der Waals surface area contributed by atoms with Crippen molar-refractivity contribution in [3.8, 4) is 0 Å². The largest absolute Gasteiger partial charge is 0.371 e. The van der Waals surface area contributed by atoms with Crippen molar-refractivity contribution in [2.45, 2.75) is 25.2 Å². The summed E-state index contributed by atoms with van der Waals surface area (Å²) in [6, 6.07) is 4.89. The van der Waals surface area contributed by atoms with E-state index in [2.05, 4.69) is 29.2 Å². The van der Waals surface area contributed by atoms with Gasteiger partial charge in [-0.05, 0) is 48.1 Å². The van der Waals surface area contributed by atoms with E-state index in [4.69, 9.17) is 0 Å². The number of anilines is 1. The van der Waals surface area contributed by atoms with Gasteiger partial charge in [0.05, 0.1) is 0 Å². The molecule has 15 heavy (non-hydrogen) atoms. The monoisotopic (exact) mass is 197 g/mol. The lowest BCUT2D eigenvalue weighted by molar-refractivity contribution is 0.546. The average molecular weight is 197 g/mol. The summed E-state index contributed by atoms with van der Waals surface area (Å²) in [6.07, 6.45) is 8.48. The summed E-state index contributed by atoms with van der Waals surface area (Å²) in [6.45, 7) is 2.55.